The summed E-state index contributed by atoms with van der Waals surface area (Å²) in [6.07, 6.45) is -3.57. The first-order valence-electron chi connectivity index (χ1n) is 7.82. The van der Waals surface area contributed by atoms with Gasteiger partial charge in [-0.2, -0.15) is 13.2 Å². The summed E-state index contributed by atoms with van der Waals surface area (Å²) in [6, 6.07) is 7.47. The molecule has 0 saturated carbocycles. The fourth-order valence-electron chi connectivity index (χ4n) is 2.07. The summed E-state index contributed by atoms with van der Waals surface area (Å²) in [5, 5.41) is 6.88. The van der Waals surface area contributed by atoms with Gasteiger partial charge >= 0.3 is 6.18 Å². The summed E-state index contributed by atoms with van der Waals surface area (Å²) in [6.45, 7) is 3.08. The summed E-state index contributed by atoms with van der Waals surface area (Å²) in [7, 11) is 1.46. The largest absolute Gasteiger partial charge is 0.401 e. The van der Waals surface area contributed by atoms with Gasteiger partial charge in [-0.25, -0.2) is 4.99 Å². The highest BCUT2D eigenvalue weighted by molar-refractivity contribution is 14.0. The van der Waals surface area contributed by atoms with Crippen molar-refractivity contribution >= 4 is 41.5 Å². The SMILES string of the molecule is CCNC(=NCc1ccccc1Cl)NCCCN(C)CC(F)(F)F.I. The fourth-order valence-corrected chi connectivity index (χ4v) is 2.27. The van der Waals surface area contributed by atoms with Gasteiger partial charge in [0.25, 0.3) is 0 Å². The lowest BCUT2D eigenvalue weighted by Crippen LogP contribution is -2.39. The molecule has 0 atom stereocenters. The number of benzene rings is 1. The van der Waals surface area contributed by atoms with E-state index in [0.29, 0.717) is 43.6 Å². The Hall–Kier alpha value is -0.740. The standard InChI is InChI=1S/C16H24ClF3N4.HI/c1-3-21-15(23-11-13-7-4-5-8-14(13)17)22-9-6-10-24(2)12-16(18,19)20;/h4-5,7-8H,3,6,9-12H2,1-2H3,(H2,21,22,23);1H. The molecule has 4 nitrogen and oxygen atoms in total. The molecule has 2 N–H and O–H groups in total. The number of rotatable bonds is 8. The maximum Gasteiger partial charge on any atom is 0.401 e. The molecule has 0 aliphatic rings. The third kappa shape index (κ3) is 11.5. The third-order valence-electron chi connectivity index (χ3n) is 3.17. The van der Waals surface area contributed by atoms with Crippen molar-refractivity contribution in [3.05, 3.63) is 34.9 Å². The number of hydrogen-bond donors (Lipinski definition) is 2. The quantitative estimate of drug-likeness (QED) is 0.250. The minimum absolute atomic E-state index is 0. The minimum atomic E-state index is -4.16. The number of alkyl halides is 3. The predicted octanol–water partition coefficient (Wildman–Crippen LogP) is 3.90. The van der Waals surface area contributed by atoms with Crippen molar-refractivity contribution in [1.29, 1.82) is 0 Å². The second kappa shape index (κ2) is 12.6. The van der Waals surface area contributed by atoms with Crippen LogP contribution in [0, 0.1) is 0 Å². The van der Waals surface area contributed by atoms with Gasteiger partial charge in [0.05, 0.1) is 13.1 Å². The molecule has 0 bridgehead atoms. The van der Waals surface area contributed by atoms with Gasteiger partial charge in [-0.1, -0.05) is 29.8 Å². The van der Waals surface area contributed by atoms with Crippen LogP contribution in [0.1, 0.15) is 18.9 Å². The zero-order valence-corrected chi connectivity index (χ0v) is 17.5. The van der Waals surface area contributed by atoms with Crippen molar-refractivity contribution in [1.82, 2.24) is 15.5 Å². The Morgan fingerprint density at radius 1 is 1.24 bits per heavy atom. The van der Waals surface area contributed by atoms with Crippen molar-refractivity contribution in [2.45, 2.75) is 26.1 Å². The van der Waals surface area contributed by atoms with E-state index in [-0.39, 0.29) is 24.0 Å². The topological polar surface area (TPSA) is 39.7 Å². The average molecular weight is 493 g/mol. The lowest BCUT2D eigenvalue weighted by atomic mass is 10.2. The van der Waals surface area contributed by atoms with Crippen LogP contribution in [0.15, 0.2) is 29.3 Å². The maximum absolute atomic E-state index is 12.2. The van der Waals surface area contributed by atoms with Crippen LogP contribution >= 0.6 is 35.6 Å². The Labute approximate surface area is 169 Å². The molecular formula is C16H25ClF3IN4. The first-order chi connectivity index (χ1) is 11.3. The van der Waals surface area contributed by atoms with Gasteiger partial charge in [-0.3, -0.25) is 4.90 Å². The van der Waals surface area contributed by atoms with E-state index in [4.69, 9.17) is 11.6 Å². The zero-order valence-electron chi connectivity index (χ0n) is 14.4. The van der Waals surface area contributed by atoms with E-state index in [1.165, 1.54) is 11.9 Å². The molecular weight excluding hydrogens is 468 g/mol. The van der Waals surface area contributed by atoms with Gasteiger partial charge in [0, 0.05) is 18.1 Å². The minimum Gasteiger partial charge on any atom is -0.357 e. The second-order valence-corrected chi connectivity index (χ2v) is 5.83. The maximum atomic E-state index is 12.2. The van der Waals surface area contributed by atoms with Crippen LogP contribution in [-0.2, 0) is 6.54 Å². The fraction of sp³-hybridized carbons (Fsp3) is 0.562. The Balaban J connectivity index is 0.00000576. The van der Waals surface area contributed by atoms with E-state index >= 15 is 0 Å². The van der Waals surface area contributed by atoms with Crippen LogP contribution in [-0.4, -0.2) is 50.3 Å². The van der Waals surface area contributed by atoms with Crippen LogP contribution < -0.4 is 10.6 Å². The number of halogens is 5. The lowest BCUT2D eigenvalue weighted by molar-refractivity contribution is -0.143. The highest BCUT2D eigenvalue weighted by Gasteiger charge is 2.28. The number of nitrogens with zero attached hydrogens (tertiary/aromatic N) is 2. The molecule has 0 spiro atoms. The average Bonchev–Trinajstić information content (AvgIpc) is 2.48. The number of guanidine groups is 1. The number of nitrogens with one attached hydrogen (secondary N) is 2. The summed E-state index contributed by atoms with van der Waals surface area (Å²) >= 11 is 6.09. The van der Waals surface area contributed by atoms with Crippen LogP contribution in [0.4, 0.5) is 13.2 Å². The molecule has 0 aliphatic heterocycles. The van der Waals surface area contributed by atoms with Gasteiger partial charge in [0.1, 0.15) is 0 Å². The third-order valence-corrected chi connectivity index (χ3v) is 3.54. The normalized spacial score (nSPS) is 12.0. The molecule has 0 aromatic heterocycles. The van der Waals surface area contributed by atoms with Crippen molar-refractivity contribution in [2.75, 3.05) is 33.2 Å². The summed E-state index contributed by atoms with van der Waals surface area (Å²) < 4.78 is 36.7. The lowest BCUT2D eigenvalue weighted by Gasteiger charge is -2.19. The highest BCUT2D eigenvalue weighted by Crippen LogP contribution is 2.16. The molecule has 0 unspecified atom stereocenters. The summed E-state index contributed by atoms with van der Waals surface area (Å²) in [5.74, 6) is 0.621. The summed E-state index contributed by atoms with van der Waals surface area (Å²) in [5.41, 5.74) is 0.918. The molecule has 0 radical (unpaired) electrons. The van der Waals surface area contributed by atoms with Crippen molar-refractivity contribution < 1.29 is 13.2 Å². The zero-order chi connectivity index (χ0) is 18.0. The molecule has 1 aromatic rings. The van der Waals surface area contributed by atoms with Crippen molar-refractivity contribution in [2.24, 2.45) is 4.99 Å². The van der Waals surface area contributed by atoms with Crippen LogP contribution in [0.2, 0.25) is 5.02 Å². The molecule has 0 heterocycles. The van der Waals surface area contributed by atoms with Crippen molar-refractivity contribution in [3.63, 3.8) is 0 Å². The van der Waals surface area contributed by atoms with E-state index < -0.39 is 12.7 Å². The molecule has 0 amide bonds. The van der Waals surface area contributed by atoms with Gasteiger partial charge in [-0.05, 0) is 38.6 Å². The van der Waals surface area contributed by atoms with E-state index in [1.54, 1.807) is 0 Å². The van der Waals surface area contributed by atoms with Crippen LogP contribution in [0.3, 0.4) is 0 Å². The van der Waals surface area contributed by atoms with Gasteiger partial charge in [0.2, 0.25) is 0 Å². The van der Waals surface area contributed by atoms with E-state index in [1.807, 2.05) is 31.2 Å². The second-order valence-electron chi connectivity index (χ2n) is 5.42. The molecule has 144 valence electrons. The van der Waals surface area contributed by atoms with Gasteiger partial charge in [-0.15, -0.1) is 24.0 Å². The van der Waals surface area contributed by atoms with Gasteiger partial charge in [0.15, 0.2) is 5.96 Å². The Morgan fingerprint density at radius 3 is 2.52 bits per heavy atom. The number of hydrogen-bond acceptors (Lipinski definition) is 2. The van der Waals surface area contributed by atoms with Crippen LogP contribution in [0.25, 0.3) is 0 Å². The molecule has 25 heavy (non-hydrogen) atoms. The van der Waals surface area contributed by atoms with Crippen molar-refractivity contribution in [3.8, 4) is 0 Å². The Morgan fingerprint density at radius 2 is 1.92 bits per heavy atom. The Kier molecular flexibility index (Phi) is 12.2. The smallest absolute Gasteiger partial charge is 0.357 e. The van der Waals surface area contributed by atoms with E-state index in [2.05, 4.69) is 15.6 Å². The monoisotopic (exact) mass is 492 g/mol. The Bertz CT molecular complexity index is 526. The van der Waals surface area contributed by atoms with E-state index in [9.17, 15) is 13.2 Å². The molecule has 1 rings (SSSR count). The summed E-state index contributed by atoms with van der Waals surface area (Å²) in [4.78, 5) is 5.70. The highest BCUT2D eigenvalue weighted by atomic mass is 127. The van der Waals surface area contributed by atoms with Crippen LogP contribution in [0.5, 0.6) is 0 Å². The first-order valence-corrected chi connectivity index (χ1v) is 8.20. The molecule has 0 saturated heterocycles. The molecule has 1 aromatic carbocycles. The predicted molar refractivity (Wildman–Crippen MR) is 108 cm³/mol. The molecule has 9 heteroatoms. The van der Waals surface area contributed by atoms with E-state index in [0.717, 1.165) is 5.56 Å². The molecule has 0 fully saturated rings. The molecule has 0 aliphatic carbocycles. The first kappa shape index (κ1) is 24.3. The van der Waals surface area contributed by atoms with Gasteiger partial charge < -0.3 is 10.6 Å². The number of aliphatic imine (C=N–C) groups is 1.